The number of H-pyrrole nitrogens is 1. The molecule has 1 saturated heterocycles. The lowest BCUT2D eigenvalue weighted by Gasteiger charge is -2.31. The summed E-state index contributed by atoms with van der Waals surface area (Å²) in [7, 11) is 3.21. The summed E-state index contributed by atoms with van der Waals surface area (Å²) < 4.78 is 16.2. The average molecular weight is 385 g/mol. The van der Waals surface area contributed by atoms with Crippen molar-refractivity contribution in [2.24, 2.45) is 5.92 Å². The fraction of sp³-hybridized carbons (Fsp3) is 0.429. The molecule has 0 spiro atoms. The largest absolute Gasteiger partial charge is 0.497 e. The molecule has 1 fully saturated rings. The summed E-state index contributed by atoms with van der Waals surface area (Å²) >= 11 is 0. The monoisotopic (exact) mass is 385 g/mol. The molecule has 0 atom stereocenters. The SMILES string of the molecule is C=CCOCC1CCN(C(=O)c2cc(-c3cc(OC)ccc3OC)n[nH]2)CC1. The van der Waals surface area contributed by atoms with Gasteiger partial charge in [-0.3, -0.25) is 9.89 Å². The van der Waals surface area contributed by atoms with Gasteiger partial charge in [0.1, 0.15) is 17.2 Å². The normalized spacial score (nSPS) is 14.7. The Morgan fingerprint density at radius 3 is 2.75 bits per heavy atom. The first-order chi connectivity index (χ1) is 13.7. The number of nitrogens with one attached hydrogen (secondary N) is 1. The van der Waals surface area contributed by atoms with Crippen LogP contribution in [-0.4, -0.2) is 61.5 Å². The number of methoxy groups -OCH3 is 2. The van der Waals surface area contributed by atoms with Crippen molar-refractivity contribution in [3.63, 3.8) is 0 Å². The number of amides is 1. The van der Waals surface area contributed by atoms with E-state index in [9.17, 15) is 4.79 Å². The number of ether oxygens (including phenoxy) is 3. The van der Waals surface area contributed by atoms with Crippen LogP contribution in [0.2, 0.25) is 0 Å². The number of carbonyl (C=O) groups excluding carboxylic acids is 1. The highest BCUT2D eigenvalue weighted by atomic mass is 16.5. The van der Waals surface area contributed by atoms with Gasteiger partial charge in [0.2, 0.25) is 0 Å². The number of hydrogen-bond donors (Lipinski definition) is 1. The van der Waals surface area contributed by atoms with E-state index in [1.807, 2.05) is 23.1 Å². The van der Waals surface area contributed by atoms with E-state index in [-0.39, 0.29) is 5.91 Å². The first kappa shape index (κ1) is 19.9. The van der Waals surface area contributed by atoms with Gasteiger partial charge in [-0.15, -0.1) is 6.58 Å². The first-order valence-electron chi connectivity index (χ1n) is 9.42. The summed E-state index contributed by atoms with van der Waals surface area (Å²) in [6.07, 6.45) is 3.63. The zero-order valence-corrected chi connectivity index (χ0v) is 16.4. The van der Waals surface area contributed by atoms with Crippen molar-refractivity contribution in [3.05, 3.63) is 42.6 Å². The highest BCUT2D eigenvalue weighted by molar-refractivity contribution is 5.93. The predicted octanol–water partition coefficient (Wildman–Crippen LogP) is 3.15. The Balaban J connectivity index is 1.66. The van der Waals surface area contributed by atoms with Crippen LogP contribution in [0.5, 0.6) is 11.5 Å². The summed E-state index contributed by atoms with van der Waals surface area (Å²) in [5, 5.41) is 7.18. The topological polar surface area (TPSA) is 76.7 Å². The molecule has 28 heavy (non-hydrogen) atoms. The smallest absolute Gasteiger partial charge is 0.271 e. The number of aromatic nitrogens is 2. The molecule has 1 aromatic heterocycles. The minimum Gasteiger partial charge on any atom is -0.497 e. The number of rotatable bonds is 8. The van der Waals surface area contributed by atoms with Crippen LogP contribution in [0.15, 0.2) is 36.9 Å². The summed E-state index contributed by atoms with van der Waals surface area (Å²) in [4.78, 5) is 14.7. The Hall–Kier alpha value is -2.80. The van der Waals surface area contributed by atoms with Gasteiger partial charge >= 0.3 is 0 Å². The molecule has 2 heterocycles. The molecular weight excluding hydrogens is 358 g/mol. The minimum atomic E-state index is -0.0360. The summed E-state index contributed by atoms with van der Waals surface area (Å²) in [6.45, 7) is 6.39. The lowest BCUT2D eigenvalue weighted by Crippen LogP contribution is -2.39. The third-order valence-electron chi connectivity index (χ3n) is 4.98. The fourth-order valence-electron chi connectivity index (χ4n) is 3.37. The number of aromatic amines is 1. The maximum atomic E-state index is 12.8. The van der Waals surface area contributed by atoms with Gasteiger partial charge in [-0.2, -0.15) is 5.10 Å². The minimum absolute atomic E-state index is 0.0360. The number of hydrogen-bond acceptors (Lipinski definition) is 5. The molecule has 1 N–H and O–H groups in total. The van der Waals surface area contributed by atoms with Crippen molar-refractivity contribution in [1.82, 2.24) is 15.1 Å². The molecule has 0 radical (unpaired) electrons. The molecule has 3 rings (SSSR count). The number of nitrogens with zero attached hydrogens (tertiary/aromatic N) is 2. The van der Waals surface area contributed by atoms with Crippen LogP contribution < -0.4 is 9.47 Å². The van der Waals surface area contributed by atoms with Crippen LogP contribution in [0.1, 0.15) is 23.3 Å². The highest BCUT2D eigenvalue weighted by Gasteiger charge is 2.25. The Labute approximate surface area is 165 Å². The second-order valence-electron chi connectivity index (χ2n) is 6.79. The molecule has 1 aliphatic rings. The van der Waals surface area contributed by atoms with E-state index < -0.39 is 0 Å². The molecule has 0 saturated carbocycles. The van der Waals surface area contributed by atoms with Crippen LogP contribution in [0, 0.1) is 5.92 Å². The zero-order chi connectivity index (χ0) is 19.9. The molecule has 7 heteroatoms. The molecule has 2 aromatic rings. The maximum absolute atomic E-state index is 12.8. The molecule has 1 amide bonds. The van der Waals surface area contributed by atoms with E-state index in [1.54, 1.807) is 26.4 Å². The molecule has 1 aliphatic heterocycles. The Morgan fingerprint density at radius 2 is 2.07 bits per heavy atom. The predicted molar refractivity (Wildman–Crippen MR) is 107 cm³/mol. The van der Waals surface area contributed by atoms with Crippen molar-refractivity contribution >= 4 is 5.91 Å². The van der Waals surface area contributed by atoms with Gasteiger partial charge in [0.25, 0.3) is 5.91 Å². The van der Waals surface area contributed by atoms with E-state index in [1.165, 1.54) is 0 Å². The summed E-state index contributed by atoms with van der Waals surface area (Å²) in [5.74, 6) is 1.83. The van der Waals surface area contributed by atoms with Gasteiger partial charge in [0, 0.05) is 25.3 Å². The maximum Gasteiger partial charge on any atom is 0.271 e. The highest BCUT2D eigenvalue weighted by Crippen LogP contribution is 2.32. The molecule has 0 unspecified atom stereocenters. The quantitative estimate of drug-likeness (QED) is 0.558. The second-order valence-corrected chi connectivity index (χ2v) is 6.79. The average Bonchev–Trinajstić information content (AvgIpc) is 3.23. The lowest BCUT2D eigenvalue weighted by molar-refractivity contribution is 0.0571. The Kier molecular flexibility index (Phi) is 6.71. The van der Waals surface area contributed by atoms with Crippen molar-refractivity contribution in [1.29, 1.82) is 0 Å². The van der Waals surface area contributed by atoms with E-state index in [0.29, 0.717) is 35.4 Å². The fourth-order valence-corrected chi connectivity index (χ4v) is 3.37. The summed E-state index contributed by atoms with van der Waals surface area (Å²) in [6, 6.07) is 7.25. The standard InChI is InChI=1S/C21H27N3O4/c1-4-11-28-14-15-7-9-24(10-8-15)21(25)19-13-18(22-23-19)17-12-16(26-2)5-6-20(17)27-3/h4-6,12-13,15H,1,7-11,14H2,2-3H3,(H,22,23). The third kappa shape index (κ3) is 4.54. The van der Waals surface area contributed by atoms with Crippen molar-refractivity contribution in [2.75, 3.05) is 40.5 Å². The van der Waals surface area contributed by atoms with Crippen molar-refractivity contribution in [2.45, 2.75) is 12.8 Å². The number of piperidine rings is 1. The van der Waals surface area contributed by atoms with Crippen LogP contribution in [0.4, 0.5) is 0 Å². The second kappa shape index (κ2) is 9.41. The zero-order valence-electron chi connectivity index (χ0n) is 16.4. The number of likely N-dealkylation sites (tertiary alicyclic amines) is 1. The Morgan fingerprint density at radius 1 is 1.29 bits per heavy atom. The molecular formula is C21H27N3O4. The third-order valence-corrected chi connectivity index (χ3v) is 4.98. The van der Waals surface area contributed by atoms with Gasteiger partial charge in [-0.05, 0) is 43.0 Å². The van der Waals surface area contributed by atoms with Gasteiger partial charge < -0.3 is 19.1 Å². The molecule has 1 aromatic carbocycles. The van der Waals surface area contributed by atoms with E-state index in [2.05, 4.69) is 16.8 Å². The van der Waals surface area contributed by atoms with E-state index >= 15 is 0 Å². The van der Waals surface area contributed by atoms with Crippen LogP contribution in [0.3, 0.4) is 0 Å². The number of carbonyl (C=O) groups is 1. The van der Waals surface area contributed by atoms with Gasteiger partial charge in [0.05, 0.1) is 26.5 Å². The first-order valence-corrected chi connectivity index (χ1v) is 9.42. The van der Waals surface area contributed by atoms with Gasteiger partial charge in [-0.25, -0.2) is 0 Å². The molecule has 7 nitrogen and oxygen atoms in total. The van der Waals surface area contributed by atoms with Crippen molar-refractivity contribution < 1.29 is 19.0 Å². The van der Waals surface area contributed by atoms with Crippen LogP contribution >= 0.6 is 0 Å². The molecule has 0 bridgehead atoms. The van der Waals surface area contributed by atoms with Gasteiger partial charge in [-0.1, -0.05) is 6.08 Å². The number of benzene rings is 1. The molecule has 150 valence electrons. The summed E-state index contributed by atoms with van der Waals surface area (Å²) in [5.41, 5.74) is 1.89. The van der Waals surface area contributed by atoms with E-state index in [0.717, 1.165) is 38.1 Å². The molecule has 0 aliphatic carbocycles. The Bertz CT molecular complexity index is 810. The van der Waals surface area contributed by atoms with Crippen molar-refractivity contribution in [3.8, 4) is 22.8 Å². The van der Waals surface area contributed by atoms with Crippen LogP contribution in [-0.2, 0) is 4.74 Å². The van der Waals surface area contributed by atoms with Gasteiger partial charge in [0.15, 0.2) is 0 Å². The van der Waals surface area contributed by atoms with Crippen LogP contribution in [0.25, 0.3) is 11.3 Å². The van der Waals surface area contributed by atoms with E-state index in [4.69, 9.17) is 14.2 Å². The lowest BCUT2D eigenvalue weighted by atomic mass is 9.97.